The fourth-order valence-corrected chi connectivity index (χ4v) is 4.23. The van der Waals surface area contributed by atoms with Crippen LogP contribution in [0.1, 0.15) is 23.0 Å². The minimum Gasteiger partial charge on any atom is -0.494 e. The Hall–Kier alpha value is -3.57. The third-order valence-corrected chi connectivity index (χ3v) is 5.70. The first-order valence-electron chi connectivity index (χ1n) is 9.36. The first-order chi connectivity index (χ1) is 15.4. The van der Waals surface area contributed by atoms with Gasteiger partial charge in [0.15, 0.2) is 0 Å². The van der Waals surface area contributed by atoms with Crippen LogP contribution in [-0.4, -0.2) is 28.6 Å². The van der Waals surface area contributed by atoms with Crippen molar-refractivity contribution in [3.05, 3.63) is 80.5 Å². The lowest BCUT2D eigenvalue weighted by Crippen LogP contribution is -2.25. The van der Waals surface area contributed by atoms with Crippen molar-refractivity contribution in [3.8, 4) is 5.75 Å². The molecule has 0 atom stereocenters. The summed E-state index contributed by atoms with van der Waals surface area (Å²) in [6, 6.07) is 15.1. The topological polar surface area (TPSA) is 111 Å². The van der Waals surface area contributed by atoms with Gasteiger partial charge in [0.05, 0.1) is 29.1 Å². The number of hydrogen-bond acceptors (Lipinski definition) is 8. The summed E-state index contributed by atoms with van der Waals surface area (Å²) in [5.74, 6) is -0.714. The largest absolute Gasteiger partial charge is 0.494 e. The van der Waals surface area contributed by atoms with Crippen LogP contribution < -0.4 is 9.75 Å². The first-order valence-corrected chi connectivity index (χ1v) is 11.0. The molecule has 9 nitrogen and oxygen atoms in total. The van der Waals surface area contributed by atoms with E-state index in [1.807, 2.05) is 25.1 Å². The SMILES string of the molecule is CCOc1ccc(/C=N/N(C(=O)c2ccc([N+](=O)[O-])o2)c2nc3ccc(Br)cc3s2)cc1. The van der Waals surface area contributed by atoms with Crippen LogP contribution in [0.25, 0.3) is 10.2 Å². The number of carbonyl (C=O) groups excluding carboxylic acids is 1. The second-order valence-corrected chi connectivity index (χ2v) is 8.29. The van der Waals surface area contributed by atoms with Gasteiger partial charge in [0.1, 0.15) is 10.7 Å². The monoisotopic (exact) mass is 514 g/mol. The molecule has 0 radical (unpaired) electrons. The molecule has 1 amide bonds. The van der Waals surface area contributed by atoms with Gasteiger partial charge in [-0.1, -0.05) is 27.3 Å². The van der Waals surface area contributed by atoms with Crippen LogP contribution in [0.15, 0.2) is 68.6 Å². The Labute approximate surface area is 194 Å². The Balaban J connectivity index is 1.70. The highest BCUT2D eigenvalue weighted by Crippen LogP contribution is 2.32. The normalized spacial score (nSPS) is 11.2. The number of carbonyl (C=O) groups is 1. The molecule has 0 aliphatic heterocycles. The Morgan fingerprint density at radius 3 is 2.75 bits per heavy atom. The summed E-state index contributed by atoms with van der Waals surface area (Å²) in [6.07, 6.45) is 1.49. The number of ether oxygens (including phenoxy) is 1. The average Bonchev–Trinajstić information content (AvgIpc) is 3.42. The number of halogens is 1. The maximum atomic E-state index is 13.1. The molecule has 0 unspecified atom stereocenters. The summed E-state index contributed by atoms with van der Waals surface area (Å²) in [5, 5.41) is 16.6. The third-order valence-electron chi connectivity index (χ3n) is 4.21. The smallest absolute Gasteiger partial charge is 0.433 e. The lowest BCUT2D eigenvalue weighted by molar-refractivity contribution is -0.402. The number of hydrogen-bond donors (Lipinski definition) is 0. The summed E-state index contributed by atoms with van der Waals surface area (Å²) < 4.78 is 12.2. The lowest BCUT2D eigenvalue weighted by atomic mass is 10.2. The van der Waals surface area contributed by atoms with Gasteiger partial charge in [-0.2, -0.15) is 10.1 Å². The maximum Gasteiger partial charge on any atom is 0.433 e. The van der Waals surface area contributed by atoms with Gasteiger partial charge < -0.3 is 9.15 Å². The minimum atomic E-state index is -0.709. The molecule has 0 fully saturated rings. The van der Waals surface area contributed by atoms with Crippen molar-refractivity contribution in [2.24, 2.45) is 5.10 Å². The average molecular weight is 515 g/mol. The number of anilines is 1. The molecule has 0 saturated carbocycles. The van der Waals surface area contributed by atoms with E-state index in [9.17, 15) is 14.9 Å². The van der Waals surface area contributed by atoms with E-state index in [1.54, 1.807) is 24.3 Å². The van der Waals surface area contributed by atoms with E-state index in [0.717, 1.165) is 31.6 Å². The van der Waals surface area contributed by atoms with E-state index in [-0.39, 0.29) is 5.76 Å². The summed E-state index contributed by atoms with van der Waals surface area (Å²) in [7, 11) is 0. The van der Waals surface area contributed by atoms with Crippen molar-refractivity contribution in [1.29, 1.82) is 0 Å². The number of benzene rings is 2. The van der Waals surface area contributed by atoms with Crippen LogP contribution in [0.3, 0.4) is 0 Å². The number of furan rings is 1. The van der Waals surface area contributed by atoms with Crippen molar-refractivity contribution >= 4 is 60.6 Å². The lowest BCUT2D eigenvalue weighted by Gasteiger charge is -2.11. The standard InChI is InChI=1S/C21H15BrN4O5S/c1-2-30-15-6-3-13(4-7-15)12-23-25(20(27)17-9-10-19(31-17)26(28)29)21-24-16-8-5-14(22)11-18(16)32-21/h3-12H,2H2,1H3/b23-12+. The van der Waals surface area contributed by atoms with Gasteiger partial charge in [-0.3, -0.25) is 14.9 Å². The fourth-order valence-electron chi connectivity index (χ4n) is 2.75. The molecule has 0 spiro atoms. The zero-order chi connectivity index (χ0) is 22.7. The zero-order valence-electron chi connectivity index (χ0n) is 16.6. The number of rotatable bonds is 7. The van der Waals surface area contributed by atoms with E-state index in [0.29, 0.717) is 17.3 Å². The molecular weight excluding hydrogens is 500 g/mol. The van der Waals surface area contributed by atoms with E-state index in [4.69, 9.17) is 9.15 Å². The van der Waals surface area contributed by atoms with Crippen LogP contribution in [0.2, 0.25) is 0 Å². The highest BCUT2D eigenvalue weighted by molar-refractivity contribution is 9.10. The Kier molecular flexibility index (Phi) is 6.28. The van der Waals surface area contributed by atoms with Gasteiger partial charge in [0.2, 0.25) is 10.9 Å². The van der Waals surface area contributed by atoms with Crippen molar-refractivity contribution < 1.29 is 18.9 Å². The van der Waals surface area contributed by atoms with Gasteiger partial charge in [0.25, 0.3) is 0 Å². The van der Waals surface area contributed by atoms with Gasteiger partial charge in [-0.25, -0.2) is 4.98 Å². The van der Waals surface area contributed by atoms with Crippen molar-refractivity contribution in [1.82, 2.24) is 4.98 Å². The van der Waals surface area contributed by atoms with Crippen molar-refractivity contribution in [2.45, 2.75) is 6.92 Å². The van der Waals surface area contributed by atoms with Gasteiger partial charge in [-0.05, 0) is 61.0 Å². The van der Waals surface area contributed by atoms with Crippen molar-refractivity contribution in [2.75, 3.05) is 11.6 Å². The molecule has 2 aromatic heterocycles. The molecule has 0 aliphatic rings. The molecule has 2 aromatic carbocycles. The Bertz CT molecular complexity index is 1320. The molecule has 0 N–H and O–H groups in total. The molecule has 0 saturated heterocycles. The molecule has 4 aromatic rings. The van der Waals surface area contributed by atoms with E-state index < -0.39 is 16.7 Å². The Morgan fingerprint density at radius 2 is 2.06 bits per heavy atom. The number of nitro groups is 1. The van der Waals surface area contributed by atoms with Crippen LogP contribution >= 0.6 is 27.3 Å². The zero-order valence-corrected chi connectivity index (χ0v) is 19.0. The second kappa shape index (κ2) is 9.28. The third kappa shape index (κ3) is 4.68. The predicted molar refractivity (Wildman–Crippen MR) is 125 cm³/mol. The van der Waals surface area contributed by atoms with Gasteiger partial charge in [0, 0.05) is 4.47 Å². The molecule has 0 aliphatic carbocycles. The number of aromatic nitrogens is 1. The summed E-state index contributed by atoms with van der Waals surface area (Å²) in [6.45, 7) is 2.45. The molecule has 0 bridgehead atoms. The summed E-state index contributed by atoms with van der Waals surface area (Å²) in [5.41, 5.74) is 1.41. The van der Waals surface area contributed by atoms with Crippen molar-refractivity contribution in [3.63, 3.8) is 0 Å². The maximum absolute atomic E-state index is 13.1. The van der Waals surface area contributed by atoms with Crippen LogP contribution in [0.5, 0.6) is 5.75 Å². The molecule has 32 heavy (non-hydrogen) atoms. The molecular formula is C21H15BrN4O5S. The van der Waals surface area contributed by atoms with Crippen LogP contribution in [-0.2, 0) is 0 Å². The quantitative estimate of drug-likeness (QED) is 0.179. The van der Waals surface area contributed by atoms with E-state index in [1.165, 1.54) is 23.6 Å². The molecule has 162 valence electrons. The number of nitrogens with zero attached hydrogens (tertiary/aromatic N) is 4. The minimum absolute atomic E-state index is 0.221. The Morgan fingerprint density at radius 1 is 1.28 bits per heavy atom. The van der Waals surface area contributed by atoms with Gasteiger partial charge in [-0.15, -0.1) is 0 Å². The second-order valence-electron chi connectivity index (χ2n) is 6.37. The van der Waals surface area contributed by atoms with E-state index in [2.05, 4.69) is 26.0 Å². The molecule has 2 heterocycles. The highest BCUT2D eigenvalue weighted by atomic mass is 79.9. The first kappa shape index (κ1) is 21.7. The molecule has 4 rings (SSSR count). The van der Waals surface area contributed by atoms with Crippen LogP contribution in [0, 0.1) is 10.1 Å². The fraction of sp³-hybridized carbons (Fsp3) is 0.0952. The summed E-state index contributed by atoms with van der Waals surface area (Å²) in [4.78, 5) is 27.8. The highest BCUT2D eigenvalue weighted by Gasteiger charge is 2.26. The van der Waals surface area contributed by atoms with E-state index >= 15 is 0 Å². The predicted octanol–water partition coefficient (Wildman–Crippen LogP) is 5.64. The summed E-state index contributed by atoms with van der Waals surface area (Å²) >= 11 is 4.67. The van der Waals surface area contributed by atoms with Gasteiger partial charge >= 0.3 is 11.8 Å². The molecule has 11 heteroatoms. The number of fused-ring (bicyclic) bond motifs is 1. The number of thiazole rings is 1. The van der Waals surface area contributed by atoms with Crippen LogP contribution in [0.4, 0.5) is 11.0 Å². The number of amides is 1. The number of hydrazone groups is 1.